The normalized spacial score (nSPS) is 18.7. The molecule has 4 aromatic carbocycles. The minimum atomic E-state index is -0.679. The van der Waals surface area contributed by atoms with E-state index in [1.54, 1.807) is 4.90 Å². The summed E-state index contributed by atoms with van der Waals surface area (Å²) in [7, 11) is 1.31. The van der Waals surface area contributed by atoms with Crippen molar-refractivity contribution in [2.45, 2.75) is 70.7 Å². The number of aromatic amines is 2. The molecule has 2 aromatic heterocycles. The highest BCUT2D eigenvalue weighted by atomic mass is 16.6. The van der Waals surface area contributed by atoms with Crippen LogP contribution in [-0.4, -0.2) is 74.1 Å². The van der Waals surface area contributed by atoms with Crippen molar-refractivity contribution in [3.05, 3.63) is 121 Å². The van der Waals surface area contributed by atoms with Crippen LogP contribution in [0.15, 0.2) is 103 Å². The molecule has 1 saturated carbocycles. The monoisotopic (exact) mass is 791 g/mol. The lowest BCUT2D eigenvalue weighted by Crippen LogP contribution is -2.51. The predicted octanol–water partition coefficient (Wildman–Crippen LogP) is 9.19. The van der Waals surface area contributed by atoms with E-state index in [2.05, 4.69) is 75.9 Å². The van der Waals surface area contributed by atoms with Gasteiger partial charge in [-0.3, -0.25) is 9.69 Å². The minimum absolute atomic E-state index is 0.0973. The molecule has 59 heavy (non-hydrogen) atoms. The molecule has 0 radical (unpaired) electrons. The SMILES string of the molecule is COC(=O)N[C@H](C(=O)N1CC2(CC2)C[C@H]1c1ncc(-c2ccc(-c3ccc4cc(-c5cnc([C@@H]6CCCN6C(=O)OCc6ccccc6)[nH]5)ccc4c3)cc2)[nH]1)C(C)C. The van der Waals surface area contributed by atoms with Crippen LogP contribution < -0.4 is 5.32 Å². The first-order valence-electron chi connectivity index (χ1n) is 20.5. The summed E-state index contributed by atoms with van der Waals surface area (Å²) in [6.45, 7) is 5.41. The smallest absolute Gasteiger partial charge is 0.410 e. The number of nitrogens with zero attached hydrogens (tertiary/aromatic N) is 4. The van der Waals surface area contributed by atoms with Crippen LogP contribution >= 0.6 is 0 Å². The fraction of sp³-hybridized carbons (Fsp3) is 0.340. The van der Waals surface area contributed by atoms with Gasteiger partial charge in [-0.2, -0.15) is 0 Å². The second-order valence-corrected chi connectivity index (χ2v) is 16.7. The Morgan fingerprint density at radius 1 is 0.797 bits per heavy atom. The number of imidazole rings is 2. The van der Waals surface area contributed by atoms with Gasteiger partial charge in [0.1, 0.15) is 24.3 Å². The van der Waals surface area contributed by atoms with E-state index in [1.807, 2.05) is 61.5 Å². The second-order valence-electron chi connectivity index (χ2n) is 16.7. The third-order valence-electron chi connectivity index (χ3n) is 12.3. The molecule has 3 fully saturated rings. The molecule has 0 unspecified atom stereocenters. The molecular weight excluding hydrogens is 743 g/mol. The molecule has 3 N–H and O–H groups in total. The van der Waals surface area contributed by atoms with Crippen molar-refractivity contribution in [2.24, 2.45) is 11.3 Å². The molecule has 6 aromatic rings. The van der Waals surface area contributed by atoms with Gasteiger partial charge in [-0.15, -0.1) is 0 Å². The molecule has 3 aliphatic rings. The summed E-state index contributed by atoms with van der Waals surface area (Å²) >= 11 is 0. The number of aromatic nitrogens is 4. The van der Waals surface area contributed by atoms with Crippen molar-refractivity contribution < 1.29 is 23.9 Å². The number of rotatable bonds is 10. The molecule has 3 amide bonds. The zero-order valence-electron chi connectivity index (χ0n) is 33.6. The Labute approximate surface area is 343 Å². The average Bonchev–Trinajstić information content (AvgIpc) is 3.80. The number of likely N-dealkylation sites (tertiary alicyclic amines) is 2. The summed E-state index contributed by atoms with van der Waals surface area (Å²) in [5, 5.41) is 4.99. The van der Waals surface area contributed by atoms with Crippen molar-refractivity contribution >= 4 is 28.9 Å². The lowest BCUT2D eigenvalue weighted by molar-refractivity contribution is -0.135. The molecular formula is C47H49N7O5. The largest absolute Gasteiger partial charge is 0.453 e. The Bertz CT molecular complexity index is 2490. The van der Waals surface area contributed by atoms with Gasteiger partial charge in [0.05, 0.1) is 43.0 Å². The van der Waals surface area contributed by atoms with E-state index in [4.69, 9.17) is 19.4 Å². The van der Waals surface area contributed by atoms with Crippen LogP contribution in [0.4, 0.5) is 9.59 Å². The van der Waals surface area contributed by atoms with Gasteiger partial charge in [-0.1, -0.05) is 92.7 Å². The number of carbonyl (C=O) groups excluding carboxylic acids is 3. The molecule has 302 valence electrons. The number of fused-ring (bicyclic) bond motifs is 1. The van der Waals surface area contributed by atoms with Gasteiger partial charge in [-0.05, 0) is 88.6 Å². The third-order valence-corrected chi connectivity index (χ3v) is 12.3. The van der Waals surface area contributed by atoms with E-state index in [9.17, 15) is 14.4 Å². The number of benzene rings is 4. The summed E-state index contributed by atoms with van der Waals surface area (Å²) in [4.78, 5) is 59.2. The zero-order valence-corrected chi connectivity index (χ0v) is 33.6. The standard InChI is InChI=1S/C47H49N7O5/c1-29(2)41(52-45(56)58-3)44(55)54-28-47(19-20-47)24-40(54)43-49-25-37(50-43)32-13-11-31(12-14-32)33-15-16-35-23-36(18-17-34(35)22-33)38-26-48-42(51-38)39-10-7-21-53(39)46(57)59-27-30-8-5-4-6-9-30/h4-6,8-9,11-18,22-23,25-26,29,39-41H,7,10,19-21,24,27-28H2,1-3H3,(H,48,51)(H,49,50)(H,52,56)/t39-,40-,41-/m0/s1. The molecule has 9 rings (SSSR count). The van der Waals surface area contributed by atoms with Crippen molar-refractivity contribution in [3.8, 4) is 33.6 Å². The summed E-state index contributed by atoms with van der Waals surface area (Å²) in [5.74, 6) is 1.34. The Hall–Kier alpha value is -6.43. The number of ether oxygens (including phenoxy) is 2. The number of carbonyl (C=O) groups is 3. The van der Waals surface area contributed by atoms with E-state index in [1.165, 1.54) is 7.11 Å². The molecule has 1 aliphatic carbocycles. The van der Waals surface area contributed by atoms with Gasteiger partial charge in [-0.25, -0.2) is 19.6 Å². The number of nitrogens with one attached hydrogen (secondary N) is 3. The van der Waals surface area contributed by atoms with Gasteiger partial charge in [0, 0.05) is 18.7 Å². The number of methoxy groups -OCH3 is 1. The molecule has 2 aliphatic heterocycles. The molecule has 12 heteroatoms. The third kappa shape index (κ3) is 7.79. The topological polar surface area (TPSA) is 146 Å². The van der Waals surface area contributed by atoms with E-state index in [0.717, 1.165) is 93.7 Å². The first-order valence-corrected chi connectivity index (χ1v) is 20.5. The quantitative estimate of drug-likeness (QED) is 0.125. The molecule has 2 saturated heterocycles. The van der Waals surface area contributed by atoms with Crippen LogP contribution in [0.1, 0.15) is 75.2 Å². The molecule has 1 spiro atoms. The Balaban J connectivity index is 0.867. The van der Waals surface area contributed by atoms with Gasteiger partial charge in [0.2, 0.25) is 5.91 Å². The Kier molecular flexibility index (Phi) is 10.2. The highest BCUT2D eigenvalue weighted by Crippen LogP contribution is 2.58. The highest BCUT2D eigenvalue weighted by Gasteiger charge is 2.55. The molecule has 4 heterocycles. The Morgan fingerprint density at radius 3 is 2.10 bits per heavy atom. The van der Waals surface area contributed by atoms with Crippen molar-refractivity contribution in [3.63, 3.8) is 0 Å². The summed E-state index contributed by atoms with van der Waals surface area (Å²) in [6, 6.07) is 30.0. The maximum Gasteiger partial charge on any atom is 0.410 e. The number of amides is 3. The first kappa shape index (κ1) is 38.1. The first-order chi connectivity index (χ1) is 28.7. The number of alkyl carbamates (subject to hydrolysis) is 1. The van der Waals surface area contributed by atoms with Crippen molar-refractivity contribution in [1.29, 1.82) is 0 Å². The average molecular weight is 792 g/mol. The van der Waals surface area contributed by atoms with E-state index < -0.39 is 12.1 Å². The lowest BCUT2D eigenvalue weighted by Gasteiger charge is -2.30. The second kappa shape index (κ2) is 15.7. The number of H-pyrrole nitrogens is 2. The lowest BCUT2D eigenvalue weighted by atomic mass is 9.98. The van der Waals surface area contributed by atoms with Crippen LogP contribution in [0.3, 0.4) is 0 Å². The van der Waals surface area contributed by atoms with Crippen LogP contribution in [0.5, 0.6) is 0 Å². The van der Waals surface area contributed by atoms with E-state index >= 15 is 0 Å². The molecule has 12 nitrogen and oxygen atoms in total. The fourth-order valence-electron chi connectivity index (χ4n) is 8.76. The summed E-state index contributed by atoms with van der Waals surface area (Å²) in [5.41, 5.74) is 7.13. The molecule has 3 atom stereocenters. The van der Waals surface area contributed by atoms with Gasteiger partial charge in [0.25, 0.3) is 0 Å². The van der Waals surface area contributed by atoms with Gasteiger partial charge < -0.3 is 29.7 Å². The van der Waals surface area contributed by atoms with Crippen molar-refractivity contribution in [2.75, 3.05) is 20.2 Å². The summed E-state index contributed by atoms with van der Waals surface area (Å²) < 4.78 is 10.5. The van der Waals surface area contributed by atoms with E-state index in [-0.39, 0.29) is 42.0 Å². The zero-order chi connectivity index (χ0) is 40.7. The maximum atomic E-state index is 13.9. The number of hydrogen-bond donors (Lipinski definition) is 3. The van der Waals surface area contributed by atoms with E-state index in [0.29, 0.717) is 13.1 Å². The van der Waals surface area contributed by atoms with Gasteiger partial charge in [0.15, 0.2) is 0 Å². The minimum Gasteiger partial charge on any atom is -0.453 e. The fourth-order valence-corrected chi connectivity index (χ4v) is 8.76. The summed E-state index contributed by atoms with van der Waals surface area (Å²) in [6.07, 6.45) is 7.54. The molecule has 0 bridgehead atoms. The van der Waals surface area contributed by atoms with Crippen molar-refractivity contribution in [1.82, 2.24) is 35.1 Å². The Morgan fingerprint density at radius 2 is 1.42 bits per heavy atom. The van der Waals surface area contributed by atoms with Crippen LogP contribution in [0.25, 0.3) is 44.4 Å². The van der Waals surface area contributed by atoms with Crippen LogP contribution in [0, 0.1) is 11.3 Å². The highest BCUT2D eigenvalue weighted by molar-refractivity contribution is 5.91. The van der Waals surface area contributed by atoms with Crippen LogP contribution in [0.2, 0.25) is 0 Å². The van der Waals surface area contributed by atoms with Crippen LogP contribution in [-0.2, 0) is 20.9 Å². The maximum absolute atomic E-state index is 13.9. The predicted molar refractivity (Wildman–Crippen MR) is 225 cm³/mol. The number of hydrogen-bond acceptors (Lipinski definition) is 7. The van der Waals surface area contributed by atoms with Gasteiger partial charge >= 0.3 is 12.2 Å².